The molecule has 29 heavy (non-hydrogen) atoms. The molecule has 2 rings (SSSR count). The molecule has 1 heterocycles. The van der Waals surface area contributed by atoms with Crippen molar-refractivity contribution in [2.45, 2.75) is 60.1 Å². The Labute approximate surface area is 183 Å². The minimum Gasteiger partial charge on any atom is -0.482 e. The van der Waals surface area contributed by atoms with E-state index in [9.17, 15) is 4.39 Å². The van der Waals surface area contributed by atoms with Crippen molar-refractivity contribution in [1.29, 1.82) is 0 Å². The number of ether oxygens (including phenoxy) is 1. The lowest BCUT2D eigenvalue weighted by Gasteiger charge is -2.40. The summed E-state index contributed by atoms with van der Waals surface area (Å²) >= 11 is 12.3. The summed E-state index contributed by atoms with van der Waals surface area (Å²) in [6.07, 6.45) is 1.03. The summed E-state index contributed by atoms with van der Waals surface area (Å²) in [5.41, 5.74) is 6.75. The average molecular weight is 441 g/mol. The first-order valence-corrected chi connectivity index (χ1v) is 10.2. The van der Waals surface area contributed by atoms with Crippen molar-refractivity contribution >= 4 is 41.4 Å². The standard InChI is InChI=1S/C21H28BCl2FN2O2/c1-12(17-14(23)8-9-15(25)18(17)24)28-16-10-13(11-27-19(16)26)22(7)29-21(5,6)20(2,3)4/h8-12H,1-7H3,(H2,26,27). The van der Waals surface area contributed by atoms with E-state index in [1.807, 2.05) is 6.82 Å². The Morgan fingerprint density at radius 3 is 2.38 bits per heavy atom. The van der Waals surface area contributed by atoms with E-state index in [0.717, 1.165) is 5.46 Å². The van der Waals surface area contributed by atoms with E-state index in [2.05, 4.69) is 39.6 Å². The normalized spacial score (nSPS) is 13.3. The predicted molar refractivity (Wildman–Crippen MR) is 120 cm³/mol. The molecule has 0 amide bonds. The van der Waals surface area contributed by atoms with Gasteiger partial charge >= 0.3 is 6.92 Å². The van der Waals surface area contributed by atoms with E-state index in [-0.39, 0.29) is 28.8 Å². The third-order valence-corrected chi connectivity index (χ3v) is 6.15. The van der Waals surface area contributed by atoms with Gasteiger partial charge in [-0.05, 0) is 49.8 Å². The fourth-order valence-electron chi connectivity index (χ4n) is 2.64. The first-order chi connectivity index (χ1) is 13.2. The van der Waals surface area contributed by atoms with Crippen LogP contribution in [0.4, 0.5) is 10.2 Å². The minimum atomic E-state index is -0.632. The number of nitrogens with two attached hydrogens (primary N) is 1. The summed E-state index contributed by atoms with van der Waals surface area (Å²) in [7, 11) is 0. The molecule has 0 fully saturated rings. The van der Waals surface area contributed by atoms with Crippen LogP contribution >= 0.6 is 23.2 Å². The Hall–Kier alpha value is -1.50. The van der Waals surface area contributed by atoms with Gasteiger partial charge in [0.2, 0.25) is 0 Å². The van der Waals surface area contributed by atoms with Crippen LogP contribution in [0.5, 0.6) is 5.75 Å². The molecule has 1 aromatic heterocycles. The van der Waals surface area contributed by atoms with Gasteiger partial charge in [0.25, 0.3) is 0 Å². The highest BCUT2D eigenvalue weighted by atomic mass is 35.5. The molecular weight excluding hydrogens is 413 g/mol. The predicted octanol–water partition coefficient (Wildman–Crippen LogP) is 5.92. The first kappa shape index (κ1) is 23.8. The van der Waals surface area contributed by atoms with Crippen LogP contribution in [0.1, 0.15) is 53.2 Å². The average Bonchev–Trinajstić information content (AvgIpc) is 2.59. The van der Waals surface area contributed by atoms with Crippen LogP contribution in [-0.2, 0) is 4.65 Å². The third kappa shape index (κ3) is 5.36. The van der Waals surface area contributed by atoms with Gasteiger partial charge < -0.3 is 15.1 Å². The Balaban J connectivity index is 2.29. The molecule has 0 aliphatic rings. The summed E-state index contributed by atoms with van der Waals surface area (Å²) in [6, 6.07) is 4.44. The van der Waals surface area contributed by atoms with Crippen molar-refractivity contribution in [1.82, 2.24) is 4.98 Å². The first-order valence-electron chi connectivity index (χ1n) is 9.48. The molecule has 0 radical (unpaired) electrons. The molecule has 0 aliphatic heterocycles. The van der Waals surface area contributed by atoms with E-state index in [1.54, 1.807) is 19.2 Å². The lowest BCUT2D eigenvalue weighted by Crippen LogP contribution is -2.47. The molecule has 8 heteroatoms. The Morgan fingerprint density at radius 2 is 1.79 bits per heavy atom. The highest BCUT2D eigenvalue weighted by Crippen LogP contribution is 2.36. The molecule has 1 aromatic carbocycles. The second-order valence-corrected chi connectivity index (χ2v) is 9.47. The lowest BCUT2D eigenvalue weighted by molar-refractivity contribution is 0.000430. The van der Waals surface area contributed by atoms with Gasteiger partial charge in [0.15, 0.2) is 11.6 Å². The van der Waals surface area contributed by atoms with Crippen molar-refractivity contribution < 1.29 is 13.8 Å². The number of halogens is 3. The van der Waals surface area contributed by atoms with Gasteiger partial charge in [0, 0.05) is 16.8 Å². The summed E-state index contributed by atoms with van der Waals surface area (Å²) in [6.45, 7) is 13.9. The van der Waals surface area contributed by atoms with Gasteiger partial charge in [-0.15, -0.1) is 0 Å². The molecule has 1 atom stereocenters. The maximum absolute atomic E-state index is 13.9. The molecule has 0 bridgehead atoms. The van der Waals surface area contributed by atoms with Gasteiger partial charge in [-0.3, -0.25) is 0 Å². The van der Waals surface area contributed by atoms with E-state index in [0.29, 0.717) is 16.3 Å². The summed E-state index contributed by atoms with van der Waals surface area (Å²) in [5, 5.41) is 0.242. The highest BCUT2D eigenvalue weighted by Gasteiger charge is 2.36. The minimum absolute atomic E-state index is 0.0543. The van der Waals surface area contributed by atoms with Gasteiger partial charge in [-0.25, -0.2) is 9.37 Å². The van der Waals surface area contributed by atoms with Crippen LogP contribution in [0.2, 0.25) is 16.9 Å². The van der Waals surface area contributed by atoms with Crippen molar-refractivity contribution in [2.75, 3.05) is 5.73 Å². The molecule has 0 saturated heterocycles. The Bertz CT molecular complexity index is 888. The van der Waals surface area contributed by atoms with Crippen LogP contribution in [0.25, 0.3) is 0 Å². The number of rotatable bonds is 6. The number of hydrogen-bond donors (Lipinski definition) is 1. The largest absolute Gasteiger partial charge is 0.482 e. The van der Waals surface area contributed by atoms with Crippen LogP contribution in [-0.4, -0.2) is 17.5 Å². The van der Waals surface area contributed by atoms with Crippen molar-refractivity contribution in [3.05, 3.63) is 45.8 Å². The summed E-state index contributed by atoms with van der Waals surface area (Å²) in [4.78, 5) is 4.23. The maximum atomic E-state index is 13.9. The number of pyridine rings is 1. The molecule has 2 aromatic rings. The van der Waals surface area contributed by atoms with Crippen LogP contribution in [0.15, 0.2) is 24.4 Å². The second kappa shape index (κ2) is 8.70. The number of nitrogens with zero attached hydrogens (tertiary/aromatic N) is 1. The molecule has 1 unspecified atom stereocenters. The maximum Gasteiger partial charge on any atom is 0.325 e. The molecule has 2 N–H and O–H groups in total. The summed E-state index contributed by atoms with van der Waals surface area (Å²) < 4.78 is 26.1. The topological polar surface area (TPSA) is 57.4 Å². The Morgan fingerprint density at radius 1 is 1.17 bits per heavy atom. The van der Waals surface area contributed by atoms with Gasteiger partial charge in [0.1, 0.15) is 11.9 Å². The van der Waals surface area contributed by atoms with E-state index >= 15 is 0 Å². The van der Waals surface area contributed by atoms with Crippen molar-refractivity contribution in [3.63, 3.8) is 0 Å². The SMILES string of the molecule is CB(OC(C)(C)C(C)(C)C)c1cnc(N)c(OC(C)c2c(Cl)ccc(F)c2Cl)c1. The highest BCUT2D eigenvalue weighted by molar-refractivity contribution is 6.66. The van der Waals surface area contributed by atoms with Crippen LogP contribution in [0, 0.1) is 11.2 Å². The molecule has 0 spiro atoms. The quantitative estimate of drug-likeness (QED) is 0.447. The fourth-order valence-corrected chi connectivity index (χ4v) is 3.32. The zero-order valence-corrected chi connectivity index (χ0v) is 19.5. The van der Waals surface area contributed by atoms with E-state index in [4.69, 9.17) is 38.3 Å². The van der Waals surface area contributed by atoms with E-state index < -0.39 is 11.9 Å². The molecular formula is C21H28BCl2FN2O2. The van der Waals surface area contributed by atoms with Gasteiger partial charge in [-0.2, -0.15) is 0 Å². The molecule has 158 valence electrons. The number of benzene rings is 1. The molecule has 0 saturated carbocycles. The third-order valence-electron chi connectivity index (χ3n) is 5.44. The number of hydrogen-bond acceptors (Lipinski definition) is 4. The fraction of sp³-hybridized carbons (Fsp3) is 0.476. The van der Waals surface area contributed by atoms with Crippen molar-refractivity contribution in [3.8, 4) is 5.75 Å². The van der Waals surface area contributed by atoms with Crippen molar-refractivity contribution in [2.24, 2.45) is 5.41 Å². The van der Waals surface area contributed by atoms with Crippen LogP contribution < -0.4 is 15.9 Å². The monoisotopic (exact) mass is 440 g/mol. The summed E-state index contributed by atoms with van der Waals surface area (Å²) in [5.74, 6) is 0.00902. The lowest BCUT2D eigenvalue weighted by atomic mass is 9.62. The van der Waals surface area contributed by atoms with Crippen LogP contribution in [0.3, 0.4) is 0 Å². The molecule has 4 nitrogen and oxygen atoms in total. The zero-order chi connectivity index (χ0) is 22.1. The smallest absolute Gasteiger partial charge is 0.325 e. The second-order valence-electron chi connectivity index (χ2n) is 8.69. The number of aromatic nitrogens is 1. The molecule has 0 aliphatic carbocycles. The van der Waals surface area contributed by atoms with Gasteiger partial charge in [0.05, 0.1) is 10.6 Å². The van der Waals surface area contributed by atoms with Gasteiger partial charge in [-0.1, -0.05) is 50.8 Å². The Kier molecular flexibility index (Phi) is 7.14. The van der Waals surface area contributed by atoms with E-state index in [1.165, 1.54) is 12.1 Å². The number of anilines is 1. The number of nitrogen functional groups attached to an aromatic ring is 1. The zero-order valence-electron chi connectivity index (χ0n) is 17.9.